The van der Waals surface area contributed by atoms with Crippen LogP contribution < -0.4 is 5.32 Å². The molecule has 2 rings (SSSR count). The van der Waals surface area contributed by atoms with E-state index in [4.69, 9.17) is 4.74 Å². The van der Waals surface area contributed by atoms with E-state index in [2.05, 4.69) is 26.1 Å². The van der Waals surface area contributed by atoms with Crippen LogP contribution in [0.25, 0.3) is 0 Å². The molecule has 1 fully saturated rings. The van der Waals surface area contributed by atoms with Crippen LogP contribution in [0.4, 0.5) is 4.79 Å². The monoisotopic (exact) mass is 235 g/mol. The Balaban J connectivity index is 0.000000249. The molecule has 0 unspecified atom stereocenters. The first kappa shape index (κ1) is 13.6. The number of hydrogen-bond donors (Lipinski definition) is 1. The van der Waals surface area contributed by atoms with E-state index in [1.165, 1.54) is 6.42 Å². The van der Waals surface area contributed by atoms with Gasteiger partial charge in [-0.05, 0) is 11.5 Å². The molecule has 3 heteroatoms. The molecule has 0 aromatic heterocycles. The number of nitrogens with one attached hydrogen (secondary N) is 1. The zero-order valence-corrected chi connectivity index (χ0v) is 10.8. The molecule has 0 radical (unpaired) electrons. The second-order valence-corrected chi connectivity index (χ2v) is 4.51. The van der Waals surface area contributed by atoms with Gasteiger partial charge in [-0.3, -0.25) is 0 Å². The van der Waals surface area contributed by atoms with Crippen molar-refractivity contribution in [3.8, 4) is 0 Å². The van der Waals surface area contributed by atoms with Crippen LogP contribution in [0.15, 0.2) is 30.3 Å². The van der Waals surface area contributed by atoms with Gasteiger partial charge in [0.15, 0.2) is 0 Å². The third-order valence-electron chi connectivity index (χ3n) is 2.69. The van der Waals surface area contributed by atoms with Gasteiger partial charge in [0.1, 0.15) is 6.61 Å². The van der Waals surface area contributed by atoms with Crippen molar-refractivity contribution in [2.24, 2.45) is 5.92 Å². The Bertz CT molecular complexity index is 335. The minimum absolute atomic E-state index is 0.0266. The Morgan fingerprint density at radius 1 is 1.35 bits per heavy atom. The highest BCUT2D eigenvalue weighted by molar-refractivity contribution is 5.70. The first-order chi connectivity index (χ1) is 8.13. The summed E-state index contributed by atoms with van der Waals surface area (Å²) in [4.78, 5) is 10.7. The Morgan fingerprint density at radius 2 is 1.94 bits per heavy atom. The fourth-order valence-electron chi connectivity index (χ4n) is 1.25. The molecule has 1 aliphatic heterocycles. The predicted molar refractivity (Wildman–Crippen MR) is 68.8 cm³/mol. The molecule has 3 nitrogen and oxygen atoms in total. The second kappa shape index (κ2) is 6.94. The van der Waals surface area contributed by atoms with E-state index in [1.54, 1.807) is 0 Å². The van der Waals surface area contributed by atoms with Gasteiger partial charge in [-0.25, -0.2) is 4.79 Å². The van der Waals surface area contributed by atoms with Crippen molar-refractivity contribution in [2.75, 3.05) is 6.61 Å². The molecule has 1 aliphatic rings. The van der Waals surface area contributed by atoms with Gasteiger partial charge in [0.25, 0.3) is 0 Å². The largest absolute Gasteiger partial charge is 0.447 e. The van der Waals surface area contributed by atoms with Crippen molar-refractivity contribution in [3.63, 3.8) is 0 Å². The highest BCUT2D eigenvalue weighted by atomic mass is 16.6. The lowest BCUT2D eigenvalue weighted by molar-refractivity contribution is 0.177. The summed E-state index contributed by atoms with van der Waals surface area (Å²) in [7, 11) is 0. The SMILES string of the molecule is CCC(C)C.O=C1N[C@@H](c2ccccc2)CO1. The average molecular weight is 235 g/mol. The van der Waals surface area contributed by atoms with E-state index in [-0.39, 0.29) is 12.1 Å². The van der Waals surface area contributed by atoms with Crippen molar-refractivity contribution in [2.45, 2.75) is 33.2 Å². The number of amides is 1. The molecule has 0 aliphatic carbocycles. The first-order valence-corrected chi connectivity index (χ1v) is 6.11. The lowest BCUT2D eigenvalue weighted by Gasteiger charge is -2.05. The third kappa shape index (κ3) is 4.89. The number of carbonyl (C=O) groups is 1. The molecular formula is C14H21NO2. The van der Waals surface area contributed by atoms with E-state index in [1.807, 2.05) is 30.3 Å². The Morgan fingerprint density at radius 3 is 2.35 bits per heavy atom. The van der Waals surface area contributed by atoms with Crippen molar-refractivity contribution in [1.29, 1.82) is 0 Å². The first-order valence-electron chi connectivity index (χ1n) is 6.11. The Hall–Kier alpha value is -1.51. The van der Waals surface area contributed by atoms with Crippen molar-refractivity contribution in [1.82, 2.24) is 5.32 Å². The van der Waals surface area contributed by atoms with E-state index >= 15 is 0 Å². The van der Waals surface area contributed by atoms with Crippen LogP contribution in [0.3, 0.4) is 0 Å². The quantitative estimate of drug-likeness (QED) is 0.851. The molecule has 94 valence electrons. The Labute approximate surface area is 103 Å². The van der Waals surface area contributed by atoms with Gasteiger partial charge in [0, 0.05) is 0 Å². The number of benzene rings is 1. The molecule has 0 spiro atoms. The molecule has 0 saturated carbocycles. The molecule has 17 heavy (non-hydrogen) atoms. The number of carbonyl (C=O) groups excluding carboxylic acids is 1. The van der Waals surface area contributed by atoms with Gasteiger partial charge in [-0.1, -0.05) is 57.5 Å². The van der Waals surface area contributed by atoms with E-state index in [9.17, 15) is 4.79 Å². The highest BCUT2D eigenvalue weighted by Gasteiger charge is 2.22. The summed E-state index contributed by atoms with van der Waals surface area (Å²) < 4.78 is 4.77. The molecule has 1 aromatic rings. The van der Waals surface area contributed by atoms with Crippen LogP contribution in [-0.4, -0.2) is 12.7 Å². The van der Waals surface area contributed by atoms with Crippen molar-refractivity contribution < 1.29 is 9.53 Å². The van der Waals surface area contributed by atoms with Gasteiger partial charge in [0.05, 0.1) is 6.04 Å². The topological polar surface area (TPSA) is 38.3 Å². The number of ether oxygens (including phenoxy) is 1. The minimum atomic E-state index is -0.330. The van der Waals surface area contributed by atoms with Crippen LogP contribution in [-0.2, 0) is 4.74 Å². The average Bonchev–Trinajstić information content (AvgIpc) is 2.78. The summed E-state index contributed by atoms with van der Waals surface area (Å²) in [6.07, 6.45) is 0.976. The normalized spacial score (nSPS) is 18.1. The smallest absolute Gasteiger partial charge is 0.407 e. The van der Waals surface area contributed by atoms with Gasteiger partial charge >= 0.3 is 6.09 Å². The number of cyclic esters (lactones) is 1. The maximum Gasteiger partial charge on any atom is 0.407 e. The van der Waals surface area contributed by atoms with Crippen molar-refractivity contribution >= 4 is 6.09 Å². The molecule has 1 aromatic carbocycles. The fourth-order valence-corrected chi connectivity index (χ4v) is 1.25. The fraction of sp³-hybridized carbons (Fsp3) is 0.500. The van der Waals surface area contributed by atoms with Crippen molar-refractivity contribution in [3.05, 3.63) is 35.9 Å². The standard InChI is InChI=1S/C9H9NO2.C5H12/c11-9-10-8(6-12-9)7-4-2-1-3-5-7;1-4-5(2)3/h1-5,8H,6H2,(H,10,11);5H,4H2,1-3H3/t8-;/m1./s1. The second-order valence-electron chi connectivity index (χ2n) is 4.51. The van der Waals surface area contributed by atoms with Crippen LogP contribution in [0, 0.1) is 5.92 Å². The number of alkyl carbamates (subject to hydrolysis) is 1. The van der Waals surface area contributed by atoms with Gasteiger partial charge in [0.2, 0.25) is 0 Å². The summed E-state index contributed by atoms with van der Waals surface area (Å²) in [5.41, 5.74) is 1.09. The molecule has 1 amide bonds. The maximum atomic E-state index is 10.7. The van der Waals surface area contributed by atoms with Crippen LogP contribution in [0.1, 0.15) is 38.8 Å². The maximum absolute atomic E-state index is 10.7. The third-order valence-corrected chi connectivity index (χ3v) is 2.69. The molecule has 0 bridgehead atoms. The lowest BCUT2D eigenvalue weighted by Crippen LogP contribution is -2.17. The molecule has 1 saturated heterocycles. The summed E-state index contributed by atoms with van der Waals surface area (Å²) >= 11 is 0. The molecular weight excluding hydrogens is 214 g/mol. The van der Waals surface area contributed by atoms with Gasteiger partial charge in [-0.15, -0.1) is 0 Å². The minimum Gasteiger partial charge on any atom is -0.447 e. The van der Waals surface area contributed by atoms with Crippen LogP contribution >= 0.6 is 0 Å². The van der Waals surface area contributed by atoms with E-state index in [0.29, 0.717) is 6.61 Å². The summed E-state index contributed by atoms with van der Waals surface area (Å²) in [5, 5.41) is 2.71. The molecule has 1 N–H and O–H groups in total. The zero-order chi connectivity index (χ0) is 12.7. The Kier molecular flexibility index (Phi) is 5.53. The van der Waals surface area contributed by atoms with Crippen LogP contribution in [0.2, 0.25) is 0 Å². The summed E-state index contributed by atoms with van der Waals surface area (Å²) in [6.45, 7) is 7.08. The summed E-state index contributed by atoms with van der Waals surface area (Å²) in [5.74, 6) is 0.884. The van der Waals surface area contributed by atoms with Crippen LogP contribution in [0.5, 0.6) is 0 Å². The highest BCUT2D eigenvalue weighted by Crippen LogP contribution is 2.16. The van der Waals surface area contributed by atoms with E-state index < -0.39 is 0 Å². The van der Waals surface area contributed by atoms with Gasteiger partial charge < -0.3 is 10.1 Å². The number of rotatable bonds is 2. The zero-order valence-electron chi connectivity index (χ0n) is 10.8. The lowest BCUT2D eigenvalue weighted by atomic mass is 10.1. The predicted octanol–water partition coefficient (Wildman–Crippen LogP) is 3.52. The molecule has 1 heterocycles. The molecule has 1 atom stereocenters. The summed E-state index contributed by atoms with van der Waals surface area (Å²) in [6, 6.07) is 9.80. The van der Waals surface area contributed by atoms with Gasteiger partial charge in [-0.2, -0.15) is 0 Å². The van der Waals surface area contributed by atoms with E-state index in [0.717, 1.165) is 11.5 Å². The number of hydrogen-bond acceptors (Lipinski definition) is 2.